The monoisotopic (exact) mass is 209 g/mol. The number of hydrogen-bond donors (Lipinski definition) is 2. The molecule has 15 heavy (non-hydrogen) atoms. The smallest absolute Gasteiger partial charge is 0.241 e. The van der Waals surface area contributed by atoms with Crippen molar-refractivity contribution in [2.45, 2.75) is 0 Å². The number of nitrogens with zero attached hydrogens (tertiary/aromatic N) is 1. The summed E-state index contributed by atoms with van der Waals surface area (Å²) in [5, 5.41) is 2.93. The molecular weight excluding hydrogens is 197 g/mol. The molecule has 1 fully saturated rings. The Hall–Kier alpha value is -1.62. The number of piperazine rings is 1. The molecular formula is C10H12FN3O. The van der Waals surface area contributed by atoms with Crippen molar-refractivity contribution in [1.29, 1.82) is 0 Å². The van der Waals surface area contributed by atoms with Crippen molar-refractivity contribution < 1.29 is 9.18 Å². The molecule has 4 nitrogen and oxygen atoms in total. The lowest BCUT2D eigenvalue weighted by Gasteiger charge is -2.27. The van der Waals surface area contributed by atoms with Gasteiger partial charge in [-0.1, -0.05) is 0 Å². The van der Waals surface area contributed by atoms with E-state index in [1.165, 1.54) is 17.0 Å². The third kappa shape index (κ3) is 1.92. The van der Waals surface area contributed by atoms with Crippen LogP contribution in [0.3, 0.4) is 0 Å². The van der Waals surface area contributed by atoms with Crippen LogP contribution >= 0.6 is 0 Å². The molecule has 5 heteroatoms. The second kappa shape index (κ2) is 3.86. The molecule has 0 aliphatic carbocycles. The van der Waals surface area contributed by atoms with Crippen molar-refractivity contribution in [2.75, 3.05) is 30.3 Å². The van der Waals surface area contributed by atoms with Crippen LogP contribution in [0.2, 0.25) is 0 Å². The Labute approximate surface area is 86.9 Å². The van der Waals surface area contributed by atoms with Crippen LogP contribution in [0.5, 0.6) is 0 Å². The number of carbonyl (C=O) groups excluding carboxylic acids is 1. The summed E-state index contributed by atoms with van der Waals surface area (Å²) >= 11 is 0. The minimum atomic E-state index is -0.453. The van der Waals surface area contributed by atoms with E-state index < -0.39 is 5.82 Å². The van der Waals surface area contributed by atoms with Crippen LogP contribution in [-0.4, -0.2) is 25.5 Å². The maximum atomic E-state index is 13.5. The van der Waals surface area contributed by atoms with Crippen LogP contribution in [0.4, 0.5) is 15.8 Å². The molecule has 0 unspecified atom stereocenters. The Bertz CT molecular complexity index is 394. The number of benzene rings is 1. The normalized spacial score (nSPS) is 16.9. The van der Waals surface area contributed by atoms with Crippen LogP contribution in [0.15, 0.2) is 18.2 Å². The van der Waals surface area contributed by atoms with Gasteiger partial charge in [-0.15, -0.1) is 0 Å². The summed E-state index contributed by atoms with van der Waals surface area (Å²) in [7, 11) is 0. The van der Waals surface area contributed by atoms with Gasteiger partial charge in [0.25, 0.3) is 0 Å². The minimum absolute atomic E-state index is 0.120. The fraction of sp³-hybridized carbons (Fsp3) is 0.300. The lowest BCUT2D eigenvalue weighted by molar-refractivity contribution is -0.118. The largest absolute Gasteiger partial charge is 0.399 e. The Balaban J connectivity index is 2.31. The molecule has 1 saturated heterocycles. The lowest BCUT2D eigenvalue weighted by Crippen LogP contribution is -2.48. The van der Waals surface area contributed by atoms with Crippen molar-refractivity contribution >= 4 is 17.3 Å². The molecule has 3 N–H and O–H groups in total. The SMILES string of the molecule is Nc1ccc(N2CCNCC2=O)c(F)c1. The van der Waals surface area contributed by atoms with Gasteiger partial charge in [-0.25, -0.2) is 4.39 Å². The molecule has 0 radical (unpaired) electrons. The number of rotatable bonds is 1. The van der Waals surface area contributed by atoms with Crippen molar-refractivity contribution in [3.05, 3.63) is 24.0 Å². The summed E-state index contributed by atoms with van der Waals surface area (Å²) in [6.45, 7) is 1.42. The number of nitrogens with one attached hydrogen (secondary N) is 1. The highest BCUT2D eigenvalue weighted by atomic mass is 19.1. The average molecular weight is 209 g/mol. The predicted octanol–water partition coefficient (Wildman–Crippen LogP) is 0.344. The first-order valence-electron chi connectivity index (χ1n) is 4.74. The second-order valence-electron chi connectivity index (χ2n) is 3.43. The maximum Gasteiger partial charge on any atom is 0.241 e. The molecule has 0 spiro atoms. The molecule has 1 aromatic rings. The number of anilines is 2. The lowest BCUT2D eigenvalue weighted by atomic mass is 10.2. The van der Waals surface area contributed by atoms with Gasteiger partial charge in [-0.05, 0) is 18.2 Å². The standard InChI is InChI=1S/C10H12FN3O/c11-8-5-7(12)1-2-9(8)14-4-3-13-6-10(14)15/h1-2,5,13H,3-4,6,12H2. The molecule has 0 atom stereocenters. The third-order valence-electron chi connectivity index (χ3n) is 2.35. The molecule has 1 aliphatic rings. The summed E-state index contributed by atoms with van der Waals surface area (Å²) in [4.78, 5) is 12.9. The van der Waals surface area contributed by atoms with Crippen molar-refractivity contribution in [2.24, 2.45) is 0 Å². The van der Waals surface area contributed by atoms with E-state index in [1.54, 1.807) is 6.07 Å². The summed E-state index contributed by atoms with van der Waals surface area (Å²) in [6, 6.07) is 4.35. The van der Waals surface area contributed by atoms with Gasteiger partial charge >= 0.3 is 0 Å². The number of amides is 1. The number of halogens is 1. The van der Waals surface area contributed by atoms with Crippen LogP contribution in [0.25, 0.3) is 0 Å². The topological polar surface area (TPSA) is 58.4 Å². The molecule has 1 amide bonds. The molecule has 2 rings (SSSR count). The maximum absolute atomic E-state index is 13.5. The van der Waals surface area contributed by atoms with E-state index in [4.69, 9.17) is 5.73 Å². The molecule has 0 bridgehead atoms. The van der Waals surface area contributed by atoms with E-state index in [0.29, 0.717) is 24.5 Å². The van der Waals surface area contributed by atoms with Gasteiger partial charge in [0.15, 0.2) is 0 Å². The summed E-state index contributed by atoms with van der Waals surface area (Å²) in [5.41, 5.74) is 6.10. The molecule has 80 valence electrons. The van der Waals surface area contributed by atoms with E-state index in [9.17, 15) is 9.18 Å². The first-order chi connectivity index (χ1) is 7.18. The van der Waals surface area contributed by atoms with E-state index in [2.05, 4.69) is 5.32 Å². The molecule has 0 aromatic heterocycles. The Morgan fingerprint density at radius 3 is 2.93 bits per heavy atom. The van der Waals surface area contributed by atoms with E-state index in [-0.39, 0.29) is 12.5 Å². The Morgan fingerprint density at radius 1 is 1.47 bits per heavy atom. The van der Waals surface area contributed by atoms with Gasteiger partial charge in [0.1, 0.15) is 5.82 Å². The molecule has 1 heterocycles. The van der Waals surface area contributed by atoms with Gasteiger partial charge in [0.05, 0.1) is 12.2 Å². The van der Waals surface area contributed by atoms with E-state index in [1.807, 2.05) is 0 Å². The molecule has 1 aliphatic heterocycles. The Morgan fingerprint density at radius 2 is 2.27 bits per heavy atom. The highest BCUT2D eigenvalue weighted by Crippen LogP contribution is 2.22. The van der Waals surface area contributed by atoms with Gasteiger partial charge < -0.3 is 16.0 Å². The zero-order valence-electron chi connectivity index (χ0n) is 8.16. The fourth-order valence-corrected chi connectivity index (χ4v) is 1.60. The number of nitrogens with two attached hydrogens (primary N) is 1. The van der Waals surface area contributed by atoms with Crippen LogP contribution in [0, 0.1) is 5.82 Å². The quantitative estimate of drug-likeness (QED) is 0.656. The number of hydrogen-bond acceptors (Lipinski definition) is 3. The summed E-state index contributed by atoms with van der Waals surface area (Å²) in [5.74, 6) is -0.574. The molecule has 1 aromatic carbocycles. The minimum Gasteiger partial charge on any atom is -0.399 e. The summed E-state index contributed by atoms with van der Waals surface area (Å²) in [6.07, 6.45) is 0. The predicted molar refractivity (Wildman–Crippen MR) is 56.0 cm³/mol. The van der Waals surface area contributed by atoms with Crippen LogP contribution < -0.4 is 16.0 Å². The van der Waals surface area contributed by atoms with E-state index in [0.717, 1.165) is 0 Å². The van der Waals surface area contributed by atoms with Crippen molar-refractivity contribution in [3.63, 3.8) is 0 Å². The highest BCUT2D eigenvalue weighted by molar-refractivity contribution is 5.95. The second-order valence-corrected chi connectivity index (χ2v) is 3.43. The van der Waals surface area contributed by atoms with Gasteiger partial charge in [-0.3, -0.25) is 4.79 Å². The van der Waals surface area contributed by atoms with Gasteiger partial charge in [0, 0.05) is 18.8 Å². The number of nitrogen functional groups attached to an aromatic ring is 1. The van der Waals surface area contributed by atoms with Crippen LogP contribution in [0.1, 0.15) is 0 Å². The molecule has 0 saturated carbocycles. The van der Waals surface area contributed by atoms with Gasteiger partial charge in [0.2, 0.25) is 5.91 Å². The van der Waals surface area contributed by atoms with Crippen LogP contribution in [-0.2, 0) is 4.79 Å². The zero-order chi connectivity index (χ0) is 10.8. The van der Waals surface area contributed by atoms with E-state index >= 15 is 0 Å². The fourth-order valence-electron chi connectivity index (χ4n) is 1.60. The first kappa shape index (κ1) is 9.92. The number of carbonyl (C=O) groups is 1. The Kier molecular flexibility index (Phi) is 2.55. The third-order valence-corrected chi connectivity index (χ3v) is 2.35. The van der Waals surface area contributed by atoms with Crippen molar-refractivity contribution in [1.82, 2.24) is 5.32 Å². The average Bonchev–Trinajstić information content (AvgIpc) is 2.20. The van der Waals surface area contributed by atoms with Gasteiger partial charge in [-0.2, -0.15) is 0 Å². The first-order valence-corrected chi connectivity index (χ1v) is 4.74. The highest BCUT2D eigenvalue weighted by Gasteiger charge is 2.21. The summed E-state index contributed by atoms with van der Waals surface area (Å²) < 4.78 is 13.5. The zero-order valence-corrected chi connectivity index (χ0v) is 8.16. The van der Waals surface area contributed by atoms with Crippen molar-refractivity contribution in [3.8, 4) is 0 Å².